The summed E-state index contributed by atoms with van der Waals surface area (Å²) in [5.74, 6) is -1.90. The van der Waals surface area contributed by atoms with Gasteiger partial charge in [0.1, 0.15) is 5.82 Å². The molecule has 0 aromatic heterocycles. The van der Waals surface area contributed by atoms with E-state index < -0.39 is 17.5 Å². The van der Waals surface area contributed by atoms with E-state index in [-0.39, 0.29) is 11.7 Å². The van der Waals surface area contributed by atoms with Crippen LogP contribution in [0.5, 0.6) is 0 Å². The fourth-order valence-electron chi connectivity index (χ4n) is 1.53. The molecule has 1 aromatic rings. The van der Waals surface area contributed by atoms with Crippen LogP contribution in [0.3, 0.4) is 0 Å². The maximum absolute atomic E-state index is 13.4. The van der Waals surface area contributed by atoms with Crippen LogP contribution in [0.2, 0.25) is 0 Å². The monoisotopic (exact) mass is 274 g/mol. The molecule has 98 valence electrons. The van der Waals surface area contributed by atoms with Gasteiger partial charge < -0.3 is 5.32 Å². The van der Waals surface area contributed by atoms with Crippen molar-refractivity contribution >= 4 is 22.6 Å². The molecule has 1 heterocycles. The van der Waals surface area contributed by atoms with E-state index in [4.69, 9.17) is 0 Å². The van der Waals surface area contributed by atoms with Gasteiger partial charge in [0.25, 0.3) is 0 Å². The van der Waals surface area contributed by atoms with E-state index in [9.17, 15) is 13.2 Å². The molecule has 0 aliphatic carbocycles. The third-order valence-corrected chi connectivity index (χ3v) is 3.68. The summed E-state index contributed by atoms with van der Waals surface area (Å²) in [5.41, 5.74) is -0.0930. The number of benzene rings is 1. The summed E-state index contributed by atoms with van der Waals surface area (Å²) in [5, 5.41) is 3.23. The second-order valence-electron chi connectivity index (χ2n) is 4.43. The van der Waals surface area contributed by atoms with Crippen molar-refractivity contribution in [2.24, 2.45) is 10.9 Å². The van der Waals surface area contributed by atoms with Crippen LogP contribution in [0.1, 0.15) is 13.8 Å². The highest BCUT2D eigenvalue weighted by molar-refractivity contribution is 8.14. The van der Waals surface area contributed by atoms with Crippen LogP contribution in [-0.2, 0) is 0 Å². The minimum atomic E-state index is -1.20. The molecule has 1 aliphatic heterocycles. The second-order valence-corrected chi connectivity index (χ2v) is 5.44. The number of anilines is 1. The number of rotatable bonds is 2. The zero-order valence-electron chi connectivity index (χ0n) is 10.0. The smallest absolute Gasteiger partial charge is 0.161 e. The predicted octanol–water partition coefficient (Wildman–Crippen LogP) is 3.64. The molecule has 0 saturated carbocycles. The number of amidine groups is 1. The number of halogens is 3. The Balaban J connectivity index is 2.16. The van der Waals surface area contributed by atoms with E-state index in [2.05, 4.69) is 24.2 Å². The van der Waals surface area contributed by atoms with Gasteiger partial charge >= 0.3 is 0 Å². The van der Waals surface area contributed by atoms with Gasteiger partial charge in [-0.05, 0) is 5.92 Å². The largest absolute Gasteiger partial charge is 0.332 e. The zero-order chi connectivity index (χ0) is 13.3. The van der Waals surface area contributed by atoms with E-state index in [0.29, 0.717) is 17.2 Å². The van der Waals surface area contributed by atoms with Gasteiger partial charge in [0.15, 0.2) is 16.8 Å². The lowest BCUT2D eigenvalue weighted by Crippen LogP contribution is -2.12. The van der Waals surface area contributed by atoms with Crippen LogP contribution < -0.4 is 5.32 Å². The fraction of sp³-hybridized carbons (Fsp3) is 0.417. The number of thioether (sulfide) groups is 1. The molecule has 0 spiro atoms. The lowest BCUT2D eigenvalue weighted by molar-refractivity contribution is 0.496. The van der Waals surface area contributed by atoms with Crippen molar-refractivity contribution in [2.75, 3.05) is 11.1 Å². The van der Waals surface area contributed by atoms with Gasteiger partial charge in [0, 0.05) is 17.9 Å². The summed E-state index contributed by atoms with van der Waals surface area (Å²) < 4.78 is 39.2. The van der Waals surface area contributed by atoms with Gasteiger partial charge in [-0.2, -0.15) is 0 Å². The van der Waals surface area contributed by atoms with Crippen LogP contribution in [0.15, 0.2) is 17.1 Å². The summed E-state index contributed by atoms with van der Waals surface area (Å²) in [6, 6.07) is 1.50. The highest BCUT2D eigenvalue weighted by Gasteiger charge is 2.22. The quantitative estimate of drug-likeness (QED) is 0.833. The number of hydrogen-bond donors (Lipinski definition) is 1. The molecule has 0 fully saturated rings. The third-order valence-electron chi connectivity index (χ3n) is 2.70. The second kappa shape index (κ2) is 5.22. The molecule has 0 unspecified atom stereocenters. The SMILES string of the molecule is CC(C)[C@H]1CSC(Nc2cc(F)c(F)cc2F)=N1. The summed E-state index contributed by atoms with van der Waals surface area (Å²) >= 11 is 1.45. The van der Waals surface area contributed by atoms with Crippen LogP contribution >= 0.6 is 11.8 Å². The molecule has 1 aromatic carbocycles. The molecule has 1 N–H and O–H groups in total. The van der Waals surface area contributed by atoms with Crippen LogP contribution in [-0.4, -0.2) is 17.0 Å². The Morgan fingerprint density at radius 3 is 2.50 bits per heavy atom. The minimum Gasteiger partial charge on any atom is -0.332 e. The van der Waals surface area contributed by atoms with E-state index in [1.54, 1.807) is 0 Å². The van der Waals surface area contributed by atoms with E-state index in [1.165, 1.54) is 11.8 Å². The Morgan fingerprint density at radius 1 is 1.22 bits per heavy atom. The normalized spacial score (nSPS) is 19.2. The first-order chi connectivity index (χ1) is 8.47. The van der Waals surface area contributed by atoms with Crippen molar-refractivity contribution in [1.29, 1.82) is 0 Å². The van der Waals surface area contributed by atoms with Gasteiger partial charge in [-0.15, -0.1) is 0 Å². The van der Waals surface area contributed by atoms with Crippen molar-refractivity contribution in [3.8, 4) is 0 Å². The highest BCUT2D eigenvalue weighted by atomic mass is 32.2. The average molecular weight is 274 g/mol. The van der Waals surface area contributed by atoms with Crippen LogP contribution in [0, 0.1) is 23.4 Å². The van der Waals surface area contributed by atoms with E-state index >= 15 is 0 Å². The first-order valence-electron chi connectivity index (χ1n) is 5.59. The molecule has 0 radical (unpaired) electrons. The highest BCUT2D eigenvalue weighted by Crippen LogP contribution is 2.26. The van der Waals surface area contributed by atoms with Crippen molar-refractivity contribution in [3.05, 3.63) is 29.6 Å². The molecule has 2 rings (SSSR count). The topological polar surface area (TPSA) is 24.4 Å². The summed E-state index contributed by atoms with van der Waals surface area (Å²) in [4.78, 5) is 4.36. The molecule has 0 amide bonds. The predicted molar refractivity (Wildman–Crippen MR) is 68.5 cm³/mol. The molecule has 6 heteroatoms. The molecule has 0 bridgehead atoms. The Labute approximate surface area is 108 Å². The number of aliphatic imine (C=N–C) groups is 1. The van der Waals surface area contributed by atoms with Crippen molar-refractivity contribution in [2.45, 2.75) is 19.9 Å². The van der Waals surface area contributed by atoms with E-state index in [1.807, 2.05) is 0 Å². The van der Waals surface area contributed by atoms with Crippen molar-refractivity contribution < 1.29 is 13.2 Å². The average Bonchev–Trinajstić information content (AvgIpc) is 2.74. The van der Waals surface area contributed by atoms with Gasteiger partial charge in [0.2, 0.25) is 0 Å². The number of nitrogens with zero attached hydrogens (tertiary/aromatic N) is 1. The van der Waals surface area contributed by atoms with Gasteiger partial charge in [0.05, 0.1) is 11.7 Å². The summed E-state index contributed by atoms with van der Waals surface area (Å²) in [7, 11) is 0. The minimum absolute atomic E-state index is 0.0930. The summed E-state index contributed by atoms with van der Waals surface area (Å²) in [6.07, 6.45) is 0. The Morgan fingerprint density at radius 2 is 1.89 bits per heavy atom. The molecular formula is C12H13F3N2S. The lowest BCUT2D eigenvalue weighted by atomic mass is 10.1. The van der Waals surface area contributed by atoms with Gasteiger partial charge in [-0.3, -0.25) is 4.99 Å². The first-order valence-corrected chi connectivity index (χ1v) is 6.58. The molecule has 18 heavy (non-hydrogen) atoms. The molecular weight excluding hydrogens is 261 g/mol. The fourth-order valence-corrected chi connectivity index (χ4v) is 2.71. The van der Waals surface area contributed by atoms with Gasteiger partial charge in [-0.1, -0.05) is 25.6 Å². The molecule has 0 saturated heterocycles. The number of hydrogen-bond acceptors (Lipinski definition) is 3. The lowest BCUT2D eigenvalue weighted by Gasteiger charge is -2.08. The van der Waals surface area contributed by atoms with Crippen molar-refractivity contribution in [1.82, 2.24) is 0 Å². The first kappa shape index (κ1) is 13.3. The maximum atomic E-state index is 13.4. The van der Waals surface area contributed by atoms with Crippen molar-refractivity contribution in [3.63, 3.8) is 0 Å². The number of nitrogens with one attached hydrogen (secondary N) is 1. The Kier molecular flexibility index (Phi) is 3.85. The zero-order valence-corrected chi connectivity index (χ0v) is 10.8. The van der Waals surface area contributed by atoms with E-state index in [0.717, 1.165) is 11.8 Å². The van der Waals surface area contributed by atoms with Gasteiger partial charge in [-0.25, -0.2) is 13.2 Å². The molecule has 1 aliphatic rings. The molecule has 2 nitrogen and oxygen atoms in total. The summed E-state index contributed by atoms with van der Waals surface area (Å²) in [6.45, 7) is 4.10. The van der Waals surface area contributed by atoms with Crippen LogP contribution in [0.25, 0.3) is 0 Å². The Hall–Kier alpha value is -1.17. The standard InChI is InChI=1S/C12H13F3N2S/c1-6(2)11-5-18-12(17-11)16-10-4-8(14)7(13)3-9(10)15/h3-4,6,11H,5H2,1-2H3,(H,16,17)/t11-/m1/s1. The maximum Gasteiger partial charge on any atom is 0.161 e. The van der Waals surface area contributed by atoms with Crippen LogP contribution in [0.4, 0.5) is 18.9 Å². The third kappa shape index (κ3) is 2.80. The Bertz CT molecular complexity index is 488. The molecule has 1 atom stereocenters.